The summed E-state index contributed by atoms with van der Waals surface area (Å²) in [6, 6.07) is 38.9. The second-order valence-corrected chi connectivity index (χ2v) is 18.5. The van der Waals surface area contributed by atoms with E-state index in [-0.39, 0.29) is 5.41 Å². The van der Waals surface area contributed by atoms with Crippen LogP contribution >= 0.6 is 0 Å². The summed E-state index contributed by atoms with van der Waals surface area (Å²) in [5.74, 6) is 2.48. The normalized spacial score (nSPS) is 12.2. The first-order valence-electron chi connectivity index (χ1n) is 24.5. The van der Waals surface area contributed by atoms with E-state index in [0.29, 0.717) is 5.92 Å². The summed E-state index contributed by atoms with van der Waals surface area (Å²) in [4.78, 5) is 0. The smallest absolute Gasteiger partial charge is 0.109 e. The summed E-state index contributed by atoms with van der Waals surface area (Å²) in [7, 11) is 0. The number of aryl methyl sites for hydroxylation is 6. The summed E-state index contributed by atoms with van der Waals surface area (Å²) in [5.41, 5.74) is 18.3. The summed E-state index contributed by atoms with van der Waals surface area (Å²) in [6.45, 7) is 45.0. The Morgan fingerprint density at radius 3 is 1.81 bits per heavy atom. The fourth-order valence-corrected chi connectivity index (χ4v) is 9.11. The third-order valence-electron chi connectivity index (χ3n) is 12.8. The zero-order chi connectivity index (χ0) is 50.8. The van der Waals surface area contributed by atoms with Gasteiger partial charge in [-0.3, -0.25) is 0 Å². The molecule has 0 atom stereocenters. The van der Waals surface area contributed by atoms with Crippen LogP contribution < -0.4 is 0 Å². The zero-order valence-corrected chi connectivity index (χ0v) is 44.0. The topological polar surface area (TPSA) is 13.1 Å². The van der Waals surface area contributed by atoms with E-state index in [1.54, 1.807) is 12.2 Å². The zero-order valence-electron chi connectivity index (χ0n) is 44.0. The van der Waals surface area contributed by atoms with Gasteiger partial charge in [0.25, 0.3) is 0 Å². The van der Waals surface area contributed by atoms with Crippen LogP contribution in [-0.2, 0) is 5.41 Å². The molecule has 6 aromatic carbocycles. The SMILES string of the molecule is C=C/C=C(\C=C)CC.C=C/C=C\c1c(C)oc(C)c1/C(=C\CC)C(C)C.C=Cc1c(C)cc2c(c1C=C)-c1ccc(C)cc1C2(C)C.Cc1ccc2ccccc2c1.Cc1cccc2ccccc12. The molecule has 0 spiro atoms. The summed E-state index contributed by atoms with van der Waals surface area (Å²) < 4.78 is 5.79. The second kappa shape index (κ2) is 26.0. The predicted octanol–water partition coefficient (Wildman–Crippen LogP) is 20.4. The average Bonchev–Trinajstić information content (AvgIpc) is 3.74. The van der Waals surface area contributed by atoms with E-state index in [9.17, 15) is 0 Å². The third kappa shape index (κ3) is 13.6. The van der Waals surface area contributed by atoms with Gasteiger partial charge < -0.3 is 4.42 Å². The van der Waals surface area contributed by atoms with Gasteiger partial charge in [-0.15, -0.1) is 0 Å². The number of benzene rings is 6. The molecular weight excluding hydrogens is 833 g/mol. The fraction of sp³-hybridized carbons (Fsp3) is 0.235. The van der Waals surface area contributed by atoms with Gasteiger partial charge in [0, 0.05) is 16.5 Å². The van der Waals surface area contributed by atoms with Gasteiger partial charge in [-0.2, -0.15) is 0 Å². The first kappa shape index (κ1) is 54.6. The standard InChI is InChI=1S/C21H22.C17H24O.2C11H10.C8H12/c1-7-15-14(4)12-19-20(16(15)8-2)17-10-9-13(3)11-18(17)21(19,5)6;1-7-9-11-16-13(5)18-14(6)17(16)15(10-8-2)12(3)4;1-9-5-4-7-10-6-2-3-8-11(9)10;1-9-6-7-10-4-2-3-5-11(10)8-9;1-4-7-8(5-2)6-3/h7-12H,1-2H2,3-6H3;7,9-12H,1,8H2,2-6H3;2*2-8H,1H3;4-5,7H,1-2,6H2,3H3/b;11-9-,15-10-;;;8-7+. The molecule has 0 unspecified atom stereocenters. The lowest BCUT2D eigenvalue weighted by atomic mass is 9.80. The number of hydrogen-bond donors (Lipinski definition) is 0. The minimum absolute atomic E-state index is 0.0406. The maximum atomic E-state index is 5.79. The van der Waals surface area contributed by atoms with E-state index < -0.39 is 0 Å². The van der Waals surface area contributed by atoms with Crippen molar-refractivity contribution >= 4 is 45.3 Å². The Balaban J connectivity index is 0.000000196. The number of hydrogen-bond acceptors (Lipinski definition) is 1. The van der Waals surface area contributed by atoms with Crippen LogP contribution in [0.25, 0.3) is 56.5 Å². The lowest BCUT2D eigenvalue weighted by molar-refractivity contribution is 0.503. The van der Waals surface area contributed by atoms with Crippen molar-refractivity contribution in [2.24, 2.45) is 5.92 Å². The maximum Gasteiger partial charge on any atom is 0.109 e. The fourth-order valence-electron chi connectivity index (χ4n) is 9.11. The largest absolute Gasteiger partial charge is 0.465 e. The van der Waals surface area contributed by atoms with Crippen LogP contribution in [0, 0.1) is 47.5 Å². The molecule has 1 aliphatic carbocycles. The van der Waals surface area contributed by atoms with Crippen molar-refractivity contribution in [3.63, 3.8) is 0 Å². The van der Waals surface area contributed by atoms with Crippen LogP contribution in [0.1, 0.15) is 122 Å². The van der Waals surface area contributed by atoms with Gasteiger partial charge in [-0.25, -0.2) is 0 Å². The molecule has 1 heteroatoms. The maximum absolute atomic E-state index is 5.79. The van der Waals surface area contributed by atoms with Gasteiger partial charge in [0.1, 0.15) is 11.5 Å². The molecule has 0 aliphatic heterocycles. The third-order valence-corrected chi connectivity index (χ3v) is 12.8. The van der Waals surface area contributed by atoms with Gasteiger partial charge >= 0.3 is 0 Å². The highest BCUT2D eigenvalue weighted by Gasteiger charge is 2.37. The molecule has 1 aromatic heterocycles. The molecule has 1 nitrogen and oxygen atoms in total. The molecule has 356 valence electrons. The summed E-state index contributed by atoms with van der Waals surface area (Å²) in [6.07, 6.45) is 19.7. The van der Waals surface area contributed by atoms with Crippen molar-refractivity contribution in [2.45, 2.75) is 101 Å². The van der Waals surface area contributed by atoms with Crippen LogP contribution in [0.3, 0.4) is 0 Å². The molecule has 0 amide bonds. The van der Waals surface area contributed by atoms with Gasteiger partial charge in [0.05, 0.1) is 0 Å². The molecule has 8 rings (SSSR count). The highest BCUT2D eigenvalue weighted by atomic mass is 16.3. The molecule has 69 heavy (non-hydrogen) atoms. The number of furan rings is 1. The molecule has 0 bridgehead atoms. The van der Waals surface area contributed by atoms with Crippen LogP contribution in [0.2, 0.25) is 0 Å². The Hall–Kier alpha value is -6.96. The Morgan fingerprint density at radius 2 is 1.23 bits per heavy atom. The average molecular weight is 911 g/mol. The van der Waals surface area contributed by atoms with Crippen molar-refractivity contribution in [3.8, 4) is 11.1 Å². The molecule has 7 aromatic rings. The van der Waals surface area contributed by atoms with Crippen LogP contribution in [0.4, 0.5) is 0 Å². The predicted molar refractivity (Wildman–Crippen MR) is 310 cm³/mol. The minimum Gasteiger partial charge on any atom is -0.465 e. The van der Waals surface area contributed by atoms with E-state index in [4.69, 9.17) is 4.42 Å². The van der Waals surface area contributed by atoms with Gasteiger partial charge in [0.2, 0.25) is 0 Å². The number of fused-ring (bicyclic) bond motifs is 5. The molecule has 1 heterocycles. The van der Waals surface area contributed by atoms with E-state index in [0.717, 1.165) is 24.4 Å². The highest BCUT2D eigenvalue weighted by molar-refractivity contribution is 5.91. The molecular formula is C68H78O. The van der Waals surface area contributed by atoms with Crippen molar-refractivity contribution in [3.05, 3.63) is 251 Å². The number of rotatable bonds is 10. The van der Waals surface area contributed by atoms with Crippen LogP contribution in [0.15, 0.2) is 189 Å². The van der Waals surface area contributed by atoms with Crippen molar-refractivity contribution in [2.75, 3.05) is 0 Å². The molecule has 1 aliphatic rings. The summed E-state index contributed by atoms with van der Waals surface area (Å²) >= 11 is 0. The molecule has 0 saturated heterocycles. The lowest BCUT2D eigenvalue weighted by Crippen LogP contribution is -2.15. The van der Waals surface area contributed by atoms with Crippen molar-refractivity contribution in [1.82, 2.24) is 0 Å². The lowest BCUT2D eigenvalue weighted by Gasteiger charge is -2.23. The number of allylic oxidation sites excluding steroid dienone is 8. The first-order valence-corrected chi connectivity index (χ1v) is 24.5. The Kier molecular flexibility index (Phi) is 20.6. The van der Waals surface area contributed by atoms with Gasteiger partial charge in [-0.1, -0.05) is 249 Å². The Labute approximate surface area is 417 Å². The van der Waals surface area contributed by atoms with Crippen molar-refractivity contribution < 1.29 is 4.42 Å². The Bertz CT molecular complexity index is 2990. The van der Waals surface area contributed by atoms with Crippen LogP contribution in [0.5, 0.6) is 0 Å². The van der Waals surface area contributed by atoms with E-state index in [1.165, 1.54) is 99.5 Å². The minimum atomic E-state index is 0.0406. The van der Waals surface area contributed by atoms with Gasteiger partial charge in [-0.05, 0) is 138 Å². The quantitative estimate of drug-likeness (QED) is 0.125. The highest BCUT2D eigenvalue weighted by Crippen LogP contribution is 2.52. The van der Waals surface area contributed by atoms with E-state index in [1.807, 2.05) is 44.2 Å². The summed E-state index contributed by atoms with van der Waals surface area (Å²) in [5, 5.41) is 5.33. The molecule has 0 saturated carbocycles. The Morgan fingerprint density at radius 1 is 0.609 bits per heavy atom. The molecule has 0 radical (unpaired) electrons. The van der Waals surface area contributed by atoms with Crippen molar-refractivity contribution in [1.29, 1.82) is 0 Å². The molecule has 0 fully saturated rings. The second-order valence-electron chi connectivity index (χ2n) is 18.5. The molecule has 0 N–H and O–H groups in total. The monoisotopic (exact) mass is 911 g/mol. The van der Waals surface area contributed by atoms with Gasteiger partial charge in [0.15, 0.2) is 0 Å². The van der Waals surface area contributed by atoms with E-state index in [2.05, 4.69) is 223 Å². The van der Waals surface area contributed by atoms with E-state index >= 15 is 0 Å². The first-order chi connectivity index (χ1) is 33.0. The van der Waals surface area contributed by atoms with Crippen LogP contribution in [-0.4, -0.2) is 0 Å².